The van der Waals surface area contributed by atoms with Gasteiger partial charge in [0.1, 0.15) is 16.4 Å². The van der Waals surface area contributed by atoms with Gasteiger partial charge in [-0.1, -0.05) is 50.2 Å². The molecule has 5 rings (SSSR count). The third kappa shape index (κ3) is 7.18. The molecule has 4 aromatic carbocycles. The molecule has 0 unspecified atom stereocenters. The van der Waals surface area contributed by atoms with Gasteiger partial charge >= 0.3 is 0 Å². The lowest BCUT2D eigenvalue weighted by Crippen LogP contribution is -2.43. The van der Waals surface area contributed by atoms with Crippen LogP contribution in [0.4, 0.5) is 5.69 Å². The van der Waals surface area contributed by atoms with Gasteiger partial charge in [0.05, 0.1) is 26.7 Å². The molecule has 0 heterocycles. The zero-order valence-electron chi connectivity index (χ0n) is 28.5. The summed E-state index contributed by atoms with van der Waals surface area (Å²) in [5, 5.41) is 0. The Morgan fingerprint density at radius 2 is 1.60 bits per heavy atom. The summed E-state index contributed by atoms with van der Waals surface area (Å²) in [6.07, 6.45) is 1.90. The minimum Gasteiger partial charge on any atom is -0.497 e. The number of nitrogens with zero attached hydrogens (tertiary/aromatic N) is 2. The van der Waals surface area contributed by atoms with E-state index in [1.807, 2.05) is 49.5 Å². The number of nitrogens with one attached hydrogen (secondary N) is 1. The number of amides is 2. The number of hydrogen-bond donors (Lipinski definition) is 1. The number of likely N-dealkylation sites (N-methyl/N-ethyl adjacent to an activating group) is 1. The van der Waals surface area contributed by atoms with Crippen molar-refractivity contribution in [3.05, 3.63) is 107 Å². The molecular weight excluding hydrogens is 627 g/mol. The van der Waals surface area contributed by atoms with E-state index in [1.54, 1.807) is 68.6 Å². The summed E-state index contributed by atoms with van der Waals surface area (Å²) in [5.74, 6) is 0.685. The molecular formula is C38H43N3O6S. The average Bonchev–Trinajstić information content (AvgIpc) is 3.06. The number of aryl methyl sites for hydroxylation is 1. The first kappa shape index (κ1) is 34.5. The molecule has 252 valence electrons. The first-order valence-corrected chi connectivity index (χ1v) is 17.3. The fourth-order valence-electron chi connectivity index (χ4n) is 6.48. The highest BCUT2D eigenvalue weighted by Gasteiger charge is 2.40. The van der Waals surface area contributed by atoms with Crippen LogP contribution in [0.1, 0.15) is 53.4 Å². The Morgan fingerprint density at radius 1 is 0.875 bits per heavy atom. The molecule has 0 saturated carbocycles. The quantitative estimate of drug-likeness (QED) is 0.204. The number of sulfonamides is 1. The second kappa shape index (κ2) is 13.7. The number of carbonyl (C=O) groups is 2. The van der Waals surface area contributed by atoms with Crippen molar-refractivity contribution in [2.75, 3.05) is 40.1 Å². The number of rotatable bonds is 10. The molecule has 0 radical (unpaired) electrons. The Bertz CT molecular complexity index is 1950. The van der Waals surface area contributed by atoms with E-state index >= 15 is 0 Å². The molecule has 0 saturated heterocycles. The molecule has 0 bridgehead atoms. The zero-order chi connectivity index (χ0) is 34.8. The van der Waals surface area contributed by atoms with Gasteiger partial charge in [0.15, 0.2) is 0 Å². The lowest BCUT2D eigenvalue weighted by molar-refractivity contribution is -0.134. The van der Waals surface area contributed by atoms with E-state index < -0.39 is 10.0 Å². The number of anilines is 1. The van der Waals surface area contributed by atoms with Crippen molar-refractivity contribution in [1.82, 2.24) is 9.80 Å². The largest absolute Gasteiger partial charge is 0.497 e. The van der Waals surface area contributed by atoms with Gasteiger partial charge in [-0.15, -0.1) is 0 Å². The highest BCUT2D eigenvalue weighted by atomic mass is 32.2. The van der Waals surface area contributed by atoms with Crippen LogP contribution < -0.4 is 14.2 Å². The molecule has 0 spiro atoms. The number of carbonyl (C=O) groups excluding carboxylic acids is 2. The molecule has 1 aliphatic rings. The van der Waals surface area contributed by atoms with Crippen LogP contribution in [0.15, 0.2) is 89.8 Å². The SMILES string of the molecule is COc1cccc(CC(=O)N(C)[C@@H]2c3cc(NS(=O)(=O)c4cc(-c5cccc(C(=O)N(C)C)c5)ccc4OC)ccc3CCC2(C)C)c1. The normalized spacial score (nSPS) is 15.2. The molecule has 0 aromatic heterocycles. The smallest absolute Gasteiger partial charge is 0.265 e. The fraction of sp³-hybridized carbons (Fsp3) is 0.316. The van der Waals surface area contributed by atoms with Gasteiger partial charge in [-0.25, -0.2) is 8.42 Å². The number of fused-ring (bicyclic) bond motifs is 1. The summed E-state index contributed by atoms with van der Waals surface area (Å²) in [6.45, 7) is 4.29. The van der Waals surface area contributed by atoms with E-state index in [4.69, 9.17) is 9.47 Å². The molecule has 4 aromatic rings. The topological polar surface area (TPSA) is 105 Å². The Balaban J connectivity index is 1.46. The van der Waals surface area contributed by atoms with Crippen molar-refractivity contribution in [2.24, 2.45) is 5.41 Å². The Kier molecular flexibility index (Phi) is 9.86. The number of ether oxygens (including phenoxy) is 2. The third-order valence-electron chi connectivity index (χ3n) is 9.04. The summed E-state index contributed by atoms with van der Waals surface area (Å²) in [7, 11) is 4.08. The molecule has 0 aliphatic heterocycles. The van der Waals surface area contributed by atoms with E-state index in [1.165, 1.54) is 12.0 Å². The average molecular weight is 670 g/mol. The molecule has 1 N–H and O–H groups in total. The van der Waals surface area contributed by atoms with Crippen LogP contribution in [0, 0.1) is 5.41 Å². The zero-order valence-corrected chi connectivity index (χ0v) is 29.4. The lowest BCUT2D eigenvalue weighted by atomic mass is 9.69. The highest BCUT2D eigenvalue weighted by Crippen LogP contribution is 2.47. The Labute approximate surface area is 283 Å². The third-order valence-corrected chi connectivity index (χ3v) is 10.4. The van der Waals surface area contributed by atoms with Crippen LogP contribution in [-0.4, -0.2) is 65.4 Å². The summed E-state index contributed by atoms with van der Waals surface area (Å²) < 4.78 is 41.5. The minimum absolute atomic E-state index is 0.0352. The number of methoxy groups -OCH3 is 2. The van der Waals surface area contributed by atoms with Crippen LogP contribution in [0.5, 0.6) is 11.5 Å². The van der Waals surface area contributed by atoms with Gasteiger partial charge in [0.25, 0.3) is 15.9 Å². The van der Waals surface area contributed by atoms with Crippen molar-refractivity contribution >= 4 is 27.5 Å². The second-order valence-electron chi connectivity index (χ2n) is 13.1. The van der Waals surface area contributed by atoms with Crippen molar-refractivity contribution in [2.45, 2.75) is 44.0 Å². The minimum atomic E-state index is -4.13. The van der Waals surface area contributed by atoms with Gasteiger partial charge in [0, 0.05) is 32.4 Å². The van der Waals surface area contributed by atoms with Crippen LogP contribution in [0.25, 0.3) is 11.1 Å². The Hall–Kier alpha value is -4.83. The van der Waals surface area contributed by atoms with Crippen molar-refractivity contribution in [1.29, 1.82) is 0 Å². The molecule has 10 heteroatoms. The predicted octanol–water partition coefficient (Wildman–Crippen LogP) is 6.59. The van der Waals surface area contributed by atoms with Gasteiger partial charge in [0.2, 0.25) is 5.91 Å². The van der Waals surface area contributed by atoms with E-state index in [9.17, 15) is 18.0 Å². The van der Waals surface area contributed by atoms with E-state index in [-0.39, 0.29) is 40.3 Å². The summed E-state index contributed by atoms with van der Waals surface area (Å²) in [5.41, 5.74) is 4.78. The van der Waals surface area contributed by atoms with E-state index in [2.05, 4.69) is 18.6 Å². The van der Waals surface area contributed by atoms with Gasteiger partial charge in [-0.3, -0.25) is 14.3 Å². The number of hydrogen-bond acceptors (Lipinski definition) is 6. The standard InChI is InChI=1S/C38H43N3O6S/c1-38(2)19-18-26-14-16-30(24-32(26)36(38)41(5)35(42)21-25-10-8-13-31(20-25)46-6)39-48(44,45)34-23-28(15-17-33(34)47-7)27-11-9-12-29(22-27)37(43)40(3)4/h8-17,20,22-24,36,39H,18-19,21H2,1-7H3/t36-/m1/s1. The maximum Gasteiger partial charge on any atom is 0.265 e. The predicted molar refractivity (Wildman–Crippen MR) is 188 cm³/mol. The van der Waals surface area contributed by atoms with E-state index in [0.29, 0.717) is 28.1 Å². The number of benzene rings is 4. The van der Waals surface area contributed by atoms with Crippen LogP contribution in [0.3, 0.4) is 0 Å². The molecule has 48 heavy (non-hydrogen) atoms. The summed E-state index contributed by atoms with van der Waals surface area (Å²) in [6, 6.07) is 24.7. The van der Waals surface area contributed by atoms with Crippen molar-refractivity contribution in [3.8, 4) is 22.6 Å². The molecule has 1 aliphatic carbocycles. The van der Waals surface area contributed by atoms with Gasteiger partial charge < -0.3 is 19.3 Å². The summed E-state index contributed by atoms with van der Waals surface area (Å²) >= 11 is 0. The van der Waals surface area contributed by atoms with Gasteiger partial charge in [-0.05, 0) is 94.6 Å². The molecule has 1 atom stereocenters. The maximum atomic E-state index is 14.0. The van der Waals surface area contributed by atoms with Crippen molar-refractivity contribution < 1.29 is 27.5 Å². The first-order valence-electron chi connectivity index (χ1n) is 15.8. The molecule has 2 amide bonds. The van der Waals surface area contributed by atoms with Crippen LogP contribution in [0.2, 0.25) is 0 Å². The monoisotopic (exact) mass is 669 g/mol. The first-order chi connectivity index (χ1) is 22.7. The Morgan fingerprint density at radius 3 is 2.31 bits per heavy atom. The molecule has 0 fully saturated rings. The lowest BCUT2D eigenvalue weighted by Gasteiger charge is -2.45. The van der Waals surface area contributed by atoms with Crippen molar-refractivity contribution in [3.63, 3.8) is 0 Å². The second-order valence-corrected chi connectivity index (χ2v) is 14.7. The van der Waals surface area contributed by atoms with E-state index in [0.717, 1.165) is 29.5 Å². The van der Waals surface area contributed by atoms with Crippen LogP contribution in [-0.2, 0) is 27.7 Å². The summed E-state index contributed by atoms with van der Waals surface area (Å²) in [4.78, 5) is 29.5. The molecule has 9 nitrogen and oxygen atoms in total. The van der Waals surface area contributed by atoms with Gasteiger partial charge in [-0.2, -0.15) is 0 Å². The highest BCUT2D eigenvalue weighted by molar-refractivity contribution is 7.92. The maximum absolute atomic E-state index is 14.0. The van der Waals surface area contributed by atoms with Crippen LogP contribution >= 0.6 is 0 Å². The fourth-order valence-corrected chi connectivity index (χ4v) is 7.73.